The topological polar surface area (TPSA) is 41.4 Å². The van der Waals surface area contributed by atoms with E-state index in [4.69, 9.17) is 0 Å². The van der Waals surface area contributed by atoms with Gasteiger partial charge in [-0.2, -0.15) is 5.10 Å². The van der Waals surface area contributed by atoms with E-state index in [-0.39, 0.29) is 5.91 Å². The van der Waals surface area contributed by atoms with Crippen molar-refractivity contribution in [2.45, 2.75) is 41.2 Å². The highest BCUT2D eigenvalue weighted by molar-refractivity contribution is 5.92. The Morgan fingerprint density at radius 2 is 1.72 bits per heavy atom. The molecule has 0 saturated carbocycles. The number of hydrogen-bond acceptors (Lipinski definition) is 3. The molecule has 0 bridgehead atoms. The third-order valence-corrected chi connectivity index (χ3v) is 5.59. The van der Waals surface area contributed by atoms with Gasteiger partial charge >= 0.3 is 0 Å². The van der Waals surface area contributed by atoms with Crippen LogP contribution < -0.4 is 0 Å². The third kappa shape index (κ3) is 5.57. The van der Waals surface area contributed by atoms with Crippen molar-refractivity contribution in [2.75, 3.05) is 32.7 Å². The SMILES string of the molecule is Cc1ccc(Cn2nc(C)c(/C=C/C(=O)N3CCN(CC(C)C)CC3)c2C)cc1. The summed E-state index contributed by atoms with van der Waals surface area (Å²) < 4.78 is 2.02. The second-order valence-corrected chi connectivity index (χ2v) is 8.58. The highest BCUT2D eigenvalue weighted by Crippen LogP contribution is 2.17. The summed E-state index contributed by atoms with van der Waals surface area (Å²) in [6.07, 6.45) is 3.65. The first-order valence-electron chi connectivity index (χ1n) is 10.6. The number of piperazine rings is 1. The Morgan fingerprint density at radius 1 is 1.07 bits per heavy atom. The fraction of sp³-hybridized carbons (Fsp3) is 0.500. The number of nitrogens with zero attached hydrogens (tertiary/aromatic N) is 4. The van der Waals surface area contributed by atoms with Crippen LogP contribution in [-0.4, -0.2) is 58.2 Å². The molecule has 5 heteroatoms. The van der Waals surface area contributed by atoms with Crippen LogP contribution in [0.15, 0.2) is 30.3 Å². The van der Waals surface area contributed by atoms with Gasteiger partial charge in [-0.15, -0.1) is 0 Å². The van der Waals surface area contributed by atoms with Crippen LogP contribution in [0.4, 0.5) is 0 Å². The first-order chi connectivity index (χ1) is 13.8. The number of aromatic nitrogens is 2. The normalized spacial score (nSPS) is 15.6. The molecule has 5 nitrogen and oxygen atoms in total. The number of benzene rings is 1. The summed E-state index contributed by atoms with van der Waals surface area (Å²) in [7, 11) is 0. The van der Waals surface area contributed by atoms with Gasteiger partial charge in [-0.3, -0.25) is 14.4 Å². The van der Waals surface area contributed by atoms with Gasteiger partial charge in [0, 0.05) is 50.1 Å². The van der Waals surface area contributed by atoms with E-state index in [9.17, 15) is 4.79 Å². The van der Waals surface area contributed by atoms with Crippen molar-refractivity contribution in [3.8, 4) is 0 Å². The van der Waals surface area contributed by atoms with Gasteiger partial charge in [-0.25, -0.2) is 0 Å². The lowest BCUT2D eigenvalue weighted by atomic mass is 10.1. The molecular formula is C24H34N4O. The summed E-state index contributed by atoms with van der Waals surface area (Å²) >= 11 is 0. The molecule has 0 radical (unpaired) electrons. The molecule has 1 aliphatic rings. The zero-order chi connectivity index (χ0) is 21.0. The lowest BCUT2D eigenvalue weighted by molar-refractivity contribution is -0.127. The number of aryl methyl sites for hydroxylation is 2. The minimum absolute atomic E-state index is 0.0966. The van der Waals surface area contributed by atoms with E-state index >= 15 is 0 Å². The zero-order valence-corrected chi connectivity index (χ0v) is 18.5. The Kier molecular flexibility index (Phi) is 6.91. The van der Waals surface area contributed by atoms with E-state index < -0.39 is 0 Å². The van der Waals surface area contributed by atoms with Gasteiger partial charge in [-0.1, -0.05) is 43.7 Å². The van der Waals surface area contributed by atoms with Crippen LogP contribution >= 0.6 is 0 Å². The maximum absolute atomic E-state index is 12.6. The first-order valence-corrected chi connectivity index (χ1v) is 10.6. The molecule has 3 rings (SSSR count). The molecule has 2 aromatic rings. The quantitative estimate of drug-likeness (QED) is 0.702. The molecule has 0 N–H and O–H groups in total. The van der Waals surface area contributed by atoms with Crippen molar-refractivity contribution in [1.82, 2.24) is 19.6 Å². The molecule has 0 aliphatic carbocycles. The first kappa shape index (κ1) is 21.3. The van der Waals surface area contributed by atoms with E-state index in [1.165, 1.54) is 11.1 Å². The van der Waals surface area contributed by atoms with Gasteiger partial charge < -0.3 is 4.90 Å². The number of rotatable bonds is 6. The number of amides is 1. The van der Waals surface area contributed by atoms with Crippen molar-refractivity contribution in [2.24, 2.45) is 5.92 Å². The van der Waals surface area contributed by atoms with Crippen molar-refractivity contribution >= 4 is 12.0 Å². The van der Waals surface area contributed by atoms with E-state index in [1.807, 2.05) is 22.6 Å². The number of carbonyl (C=O) groups excluding carboxylic acids is 1. The maximum Gasteiger partial charge on any atom is 0.246 e. The minimum atomic E-state index is 0.0966. The number of carbonyl (C=O) groups is 1. The third-order valence-electron chi connectivity index (χ3n) is 5.59. The summed E-state index contributed by atoms with van der Waals surface area (Å²) in [6.45, 7) is 16.0. The Hall–Kier alpha value is -2.40. The minimum Gasteiger partial charge on any atom is -0.337 e. The van der Waals surface area contributed by atoms with Gasteiger partial charge in [0.1, 0.15) is 0 Å². The molecule has 1 saturated heterocycles. The second-order valence-electron chi connectivity index (χ2n) is 8.58. The van der Waals surface area contributed by atoms with Crippen LogP contribution in [0.3, 0.4) is 0 Å². The van der Waals surface area contributed by atoms with E-state index in [2.05, 4.69) is 62.0 Å². The molecule has 156 valence electrons. The Labute approximate surface area is 175 Å². The summed E-state index contributed by atoms with van der Waals surface area (Å²) in [5, 5.41) is 4.69. The lowest BCUT2D eigenvalue weighted by Gasteiger charge is -2.35. The van der Waals surface area contributed by atoms with Crippen LogP contribution in [0, 0.1) is 26.7 Å². The van der Waals surface area contributed by atoms with E-state index in [0.717, 1.165) is 56.2 Å². The van der Waals surface area contributed by atoms with Crippen LogP contribution in [0.25, 0.3) is 6.08 Å². The van der Waals surface area contributed by atoms with Gasteiger partial charge in [0.15, 0.2) is 0 Å². The molecule has 0 unspecified atom stereocenters. The van der Waals surface area contributed by atoms with Crippen LogP contribution in [-0.2, 0) is 11.3 Å². The molecule has 1 aromatic heterocycles. The van der Waals surface area contributed by atoms with E-state index in [0.29, 0.717) is 5.92 Å². The van der Waals surface area contributed by atoms with Crippen molar-refractivity contribution in [3.05, 3.63) is 58.4 Å². The van der Waals surface area contributed by atoms with Crippen molar-refractivity contribution < 1.29 is 4.79 Å². The maximum atomic E-state index is 12.6. The summed E-state index contributed by atoms with van der Waals surface area (Å²) in [5.41, 5.74) is 5.58. The van der Waals surface area contributed by atoms with Crippen molar-refractivity contribution in [1.29, 1.82) is 0 Å². The Morgan fingerprint density at radius 3 is 2.34 bits per heavy atom. The number of hydrogen-bond donors (Lipinski definition) is 0. The Balaban J connectivity index is 1.62. The molecule has 29 heavy (non-hydrogen) atoms. The largest absolute Gasteiger partial charge is 0.337 e. The monoisotopic (exact) mass is 394 g/mol. The molecule has 0 spiro atoms. The van der Waals surface area contributed by atoms with Gasteiger partial charge in [0.2, 0.25) is 5.91 Å². The predicted octanol–water partition coefficient (Wildman–Crippen LogP) is 3.67. The highest BCUT2D eigenvalue weighted by Gasteiger charge is 2.20. The highest BCUT2D eigenvalue weighted by atomic mass is 16.2. The fourth-order valence-electron chi connectivity index (χ4n) is 3.90. The molecule has 1 aliphatic heterocycles. The predicted molar refractivity (Wildman–Crippen MR) is 119 cm³/mol. The smallest absolute Gasteiger partial charge is 0.246 e. The van der Waals surface area contributed by atoms with Gasteiger partial charge in [0.05, 0.1) is 12.2 Å². The standard InChI is InChI=1S/C24H34N4O/c1-18(2)16-26-12-14-27(15-13-26)24(29)11-10-23-20(4)25-28(21(23)5)17-22-8-6-19(3)7-9-22/h6-11,18H,12-17H2,1-5H3/b11-10+. The van der Waals surface area contributed by atoms with Gasteiger partial charge in [-0.05, 0) is 38.3 Å². The molecule has 2 heterocycles. The molecule has 0 atom stereocenters. The summed E-state index contributed by atoms with van der Waals surface area (Å²) in [5.74, 6) is 0.763. The molecule has 1 amide bonds. The fourth-order valence-corrected chi connectivity index (χ4v) is 3.90. The molecule has 1 aromatic carbocycles. The van der Waals surface area contributed by atoms with Crippen LogP contribution in [0.1, 0.15) is 41.9 Å². The summed E-state index contributed by atoms with van der Waals surface area (Å²) in [6, 6.07) is 8.54. The molecule has 1 fully saturated rings. The summed E-state index contributed by atoms with van der Waals surface area (Å²) in [4.78, 5) is 17.0. The average Bonchev–Trinajstić information content (AvgIpc) is 2.94. The van der Waals surface area contributed by atoms with Crippen LogP contribution in [0.5, 0.6) is 0 Å². The second kappa shape index (κ2) is 9.40. The lowest BCUT2D eigenvalue weighted by Crippen LogP contribution is -2.49. The van der Waals surface area contributed by atoms with Crippen molar-refractivity contribution in [3.63, 3.8) is 0 Å². The Bertz CT molecular complexity index is 856. The average molecular weight is 395 g/mol. The molecular weight excluding hydrogens is 360 g/mol. The zero-order valence-electron chi connectivity index (χ0n) is 18.5. The van der Waals surface area contributed by atoms with Crippen LogP contribution in [0.2, 0.25) is 0 Å². The van der Waals surface area contributed by atoms with E-state index in [1.54, 1.807) is 6.08 Å². The van der Waals surface area contributed by atoms with Gasteiger partial charge in [0.25, 0.3) is 0 Å².